The summed E-state index contributed by atoms with van der Waals surface area (Å²) in [7, 11) is -1.93. The number of halogens is 5. The number of aromatic nitrogens is 6. The van der Waals surface area contributed by atoms with Crippen LogP contribution in [0.25, 0.3) is 11.3 Å². The fourth-order valence-corrected chi connectivity index (χ4v) is 13.3. The van der Waals surface area contributed by atoms with E-state index in [0.29, 0.717) is 76.9 Å². The smallest absolute Gasteiger partial charge is 0.444 e. The largest absolute Gasteiger partial charge is 0.495 e. The molecule has 0 spiro atoms. The van der Waals surface area contributed by atoms with Gasteiger partial charge in [-0.2, -0.15) is 0 Å². The Kier molecular flexibility index (Phi) is 30.2. The fraction of sp³-hybridized carbons (Fsp3) is 0.549. The molecule has 31 heteroatoms. The molecule has 7 heterocycles. The molecular weight excluding hydrogens is 1450 g/mol. The van der Waals surface area contributed by atoms with Crippen molar-refractivity contribution in [2.45, 2.75) is 208 Å². The van der Waals surface area contributed by atoms with E-state index in [4.69, 9.17) is 56.6 Å². The van der Waals surface area contributed by atoms with Gasteiger partial charge in [0.25, 0.3) is 11.8 Å². The molecule has 6 aromatic rings. The number of ether oxygens (including phenoxy) is 4. The minimum absolute atomic E-state index is 0.113. The standard InChI is InChI=1S/C32H44ClFN6O4Si.C26H39BrFN5O4Si.C12H17BClNO2.CH4O/c1-21-16-22(17-27(33)35-21)26-19-40(20-43-14-15-45(5,6)7)29(37-26)30(41)38-25-12-8-11-24(34)28(25)39-13-9-10-23(18-39)36-31(42)44-32(2,3)4;1-26(2,3)37-25(35)29-18-9-8-12-32(15-18)22-19(28)10-7-11-20(22)30-24(34)23-31-21(27)16-33(23)17-36-13-14-38(4,5)6;1-8-6-9(7-10(14)15-8)13-16-11(2,3)12(4,5)17-13;1-2/h8,11-12,16-17,19,23H,9-10,13-15,18,20H2,1-7H3,(H,36,42)(H,38,41);7,10-11,16,18H,8-9,12-15,17H2,1-6H3,(H,29,35)(H,30,34);6-7H,1-5H3;2H,1H3/t23-;18-;;/m11../s1. The van der Waals surface area contributed by atoms with Crippen molar-refractivity contribution in [3.05, 3.63) is 123 Å². The molecule has 0 unspecified atom stereocenters. The van der Waals surface area contributed by atoms with Gasteiger partial charge in [0, 0.05) is 104 Å². The van der Waals surface area contributed by atoms with Crippen LogP contribution in [0.2, 0.25) is 61.7 Å². The normalized spacial score (nSPS) is 16.7. The number of hydrogen-bond acceptors (Lipinski definition) is 17. The lowest BCUT2D eigenvalue weighted by Crippen LogP contribution is -2.49. The van der Waals surface area contributed by atoms with Crippen LogP contribution in [0.4, 0.5) is 41.1 Å². The average molecular weight is 1560 g/mol. The highest BCUT2D eigenvalue weighted by molar-refractivity contribution is 9.10. The number of amides is 4. The Hall–Kier alpha value is -6.54. The molecule has 0 bridgehead atoms. The Balaban J connectivity index is 0.000000258. The van der Waals surface area contributed by atoms with E-state index in [1.807, 2.05) is 63.5 Å². The number of piperidine rings is 2. The number of anilines is 4. The lowest BCUT2D eigenvalue weighted by molar-refractivity contribution is 0.00578. The summed E-state index contributed by atoms with van der Waals surface area (Å²) in [4.78, 5) is 72.7. The van der Waals surface area contributed by atoms with E-state index >= 15 is 8.78 Å². The summed E-state index contributed by atoms with van der Waals surface area (Å²) >= 11 is 15.5. The van der Waals surface area contributed by atoms with Gasteiger partial charge in [0.05, 0.1) is 39.6 Å². The maximum atomic E-state index is 15.4. The highest BCUT2D eigenvalue weighted by Crippen LogP contribution is 2.38. The molecule has 5 N–H and O–H groups in total. The van der Waals surface area contributed by atoms with E-state index in [1.165, 1.54) is 12.1 Å². The molecule has 102 heavy (non-hydrogen) atoms. The minimum atomic E-state index is -1.32. The Morgan fingerprint density at radius 1 is 0.647 bits per heavy atom. The third-order valence-electron chi connectivity index (χ3n) is 16.5. The van der Waals surface area contributed by atoms with Crippen LogP contribution in [0.1, 0.15) is 128 Å². The molecule has 2 atom stereocenters. The van der Waals surface area contributed by atoms with Crippen LogP contribution >= 0.6 is 39.1 Å². The summed E-state index contributed by atoms with van der Waals surface area (Å²) in [5, 5.41) is 19.3. The minimum Gasteiger partial charge on any atom is -0.444 e. The van der Waals surface area contributed by atoms with Gasteiger partial charge in [-0.3, -0.25) is 9.59 Å². The van der Waals surface area contributed by atoms with Gasteiger partial charge >= 0.3 is 19.3 Å². The molecule has 0 radical (unpaired) electrons. The number of nitrogens with zero attached hydrogens (tertiary/aromatic N) is 8. The van der Waals surface area contributed by atoms with Gasteiger partial charge < -0.3 is 73.6 Å². The van der Waals surface area contributed by atoms with Crippen LogP contribution in [-0.4, -0.2) is 162 Å². The molecule has 9 rings (SSSR count). The van der Waals surface area contributed by atoms with Crippen LogP contribution in [0.3, 0.4) is 0 Å². The second-order valence-corrected chi connectivity index (χ2v) is 43.6. The number of benzene rings is 2. The molecule has 560 valence electrons. The Bertz CT molecular complexity index is 3770. The van der Waals surface area contributed by atoms with Crippen LogP contribution in [-0.2, 0) is 41.7 Å². The zero-order valence-electron chi connectivity index (χ0n) is 62.6. The number of rotatable bonds is 20. The maximum absolute atomic E-state index is 15.4. The highest BCUT2D eigenvalue weighted by atomic mass is 79.9. The summed E-state index contributed by atoms with van der Waals surface area (Å²) in [6.07, 6.45) is 5.35. The summed E-state index contributed by atoms with van der Waals surface area (Å²) in [6.45, 7) is 39.7. The average Bonchev–Trinajstić information content (AvgIpc) is 1.52. The van der Waals surface area contributed by atoms with Crippen molar-refractivity contribution in [3.8, 4) is 11.3 Å². The fourth-order valence-electron chi connectivity index (χ4n) is 10.9. The molecule has 3 fully saturated rings. The zero-order valence-corrected chi connectivity index (χ0v) is 67.7. The van der Waals surface area contributed by atoms with Crippen LogP contribution < -0.4 is 36.5 Å². The van der Waals surface area contributed by atoms with Crippen molar-refractivity contribution in [1.29, 1.82) is 0 Å². The van der Waals surface area contributed by atoms with E-state index in [-0.39, 0.29) is 66.9 Å². The van der Waals surface area contributed by atoms with Gasteiger partial charge in [0.1, 0.15) is 51.2 Å². The number of hydrogen-bond donors (Lipinski definition) is 5. The zero-order chi connectivity index (χ0) is 75.9. The number of carbonyl (C=O) groups is 4. The Morgan fingerprint density at radius 2 is 1.07 bits per heavy atom. The third-order valence-corrected chi connectivity index (χ3v) is 20.6. The van der Waals surface area contributed by atoms with Crippen molar-refractivity contribution in [2.24, 2.45) is 0 Å². The first kappa shape index (κ1) is 84.4. The lowest BCUT2D eigenvalue weighted by Gasteiger charge is -2.36. The van der Waals surface area contributed by atoms with E-state index < -0.39 is 63.0 Å². The maximum Gasteiger partial charge on any atom is 0.495 e. The first-order valence-corrected chi connectivity index (χ1v) is 43.2. The summed E-state index contributed by atoms with van der Waals surface area (Å²) < 4.78 is 68.8. The number of para-hydroxylation sites is 2. The van der Waals surface area contributed by atoms with E-state index in [2.05, 4.69) is 96.4 Å². The molecular formula is C71H104BBrCl2F2N12O11Si2. The quantitative estimate of drug-likeness (QED) is 0.0270. The van der Waals surface area contributed by atoms with Crippen LogP contribution in [0.15, 0.2) is 77.7 Å². The topological polar surface area (TPSA) is 260 Å². The second kappa shape index (κ2) is 36.4. The third kappa shape index (κ3) is 26.3. The van der Waals surface area contributed by atoms with E-state index in [9.17, 15) is 19.2 Å². The molecule has 3 aliphatic heterocycles. The predicted octanol–water partition coefficient (Wildman–Crippen LogP) is 14.9. The number of aliphatic hydroxyl groups is 1. The molecule has 4 amide bonds. The lowest BCUT2D eigenvalue weighted by atomic mass is 9.79. The predicted molar refractivity (Wildman–Crippen MR) is 409 cm³/mol. The molecule has 4 aromatic heterocycles. The van der Waals surface area contributed by atoms with Crippen molar-refractivity contribution in [3.63, 3.8) is 0 Å². The second-order valence-electron chi connectivity index (χ2n) is 30.8. The molecule has 0 aliphatic carbocycles. The van der Waals surface area contributed by atoms with Crippen LogP contribution in [0, 0.1) is 25.5 Å². The number of aryl methyl sites for hydroxylation is 2. The van der Waals surface area contributed by atoms with E-state index in [0.717, 1.165) is 61.7 Å². The van der Waals surface area contributed by atoms with Crippen LogP contribution in [0.5, 0.6) is 0 Å². The van der Waals surface area contributed by atoms with Gasteiger partial charge in [-0.15, -0.1) is 0 Å². The molecule has 3 saturated heterocycles. The number of pyridine rings is 2. The first-order valence-electron chi connectivity index (χ1n) is 34.2. The molecule has 2 aromatic carbocycles. The SMILES string of the molecule is CC(C)(C)OC(=O)N[C@@H]1CCCN(c2c(F)cccc2NC(=O)c2nc(Br)cn2COCC[Si](C)(C)C)C1.CO.Cc1cc(-c2cn(COCC[Si](C)(C)C)c(C(=O)Nc3cccc(F)c3N3CCC[C@@H](NC(=O)OC(C)(C)C)C3)n2)cc(Cl)n1.Cc1cc(B2OC(C)(C)C(C)(C)O2)cc(Cl)n1. The van der Waals surface area contributed by atoms with Crippen molar-refractivity contribution in [2.75, 3.05) is 66.9 Å². The van der Waals surface area contributed by atoms with Gasteiger partial charge in [-0.25, -0.2) is 38.3 Å². The monoisotopic (exact) mass is 1550 g/mol. The summed E-state index contributed by atoms with van der Waals surface area (Å²) in [5.41, 5.74) is 3.01. The van der Waals surface area contributed by atoms with Gasteiger partial charge in [0.15, 0.2) is 0 Å². The van der Waals surface area contributed by atoms with E-state index in [1.54, 1.807) is 99.5 Å². The van der Waals surface area contributed by atoms with Gasteiger partial charge in [0.2, 0.25) is 11.6 Å². The van der Waals surface area contributed by atoms with Gasteiger partial charge in [-0.05, 0) is 191 Å². The molecule has 23 nitrogen and oxygen atoms in total. The number of alkyl carbamates (subject to hydrolysis) is 2. The Morgan fingerprint density at radius 3 is 1.49 bits per heavy atom. The highest BCUT2D eigenvalue weighted by Gasteiger charge is 2.52. The Labute approximate surface area is 620 Å². The number of imidazole rings is 2. The molecule has 3 aliphatic rings. The van der Waals surface area contributed by atoms with Crippen molar-refractivity contribution >= 4 is 115 Å². The number of nitrogens with one attached hydrogen (secondary N) is 4. The number of carbonyl (C=O) groups excluding carboxylic acids is 4. The summed E-state index contributed by atoms with van der Waals surface area (Å²) in [5.74, 6) is -1.66. The first-order chi connectivity index (χ1) is 47.5. The van der Waals surface area contributed by atoms with Gasteiger partial charge in [-0.1, -0.05) is 74.6 Å². The molecule has 0 saturated carbocycles. The van der Waals surface area contributed by atoms with Crippen molar-refractivity contribution < 1.29 is 61.3 Å². The van der Waals surface area contributed by atoms with Crippen molar-refractivity contribution in [1.82, 2.24) is 39.7 Å². The number of aliphatic hydroxyl groups excluding tert-OH is 1. The summed E-state index contributed by atoms with van der Waals surface area (Å²) in [6, 6.07) is 17.9.